The van der Waals surface area contributed by atoms with Gasteiger partial charge in [-0.15, -0.1) is 0 Å². The van der Waals surface area contributed by atoms with Gasteiger partial charge in [-0.05, 0) is 81.3 Å². The van der Waals surface area contributed by atoms with E-state index in [1.165, 1.54) is 6.07 Å². The zero-order chi connectivity index (χ0) is 22.5. The zero-order valence-electron chi connectivity index (χ0n) is 18.7. The van der Waals surface area contributed by atoms with Crippen molar-refractivity contribution in [3.05, 3.63) is 83.2 Å². The third kappa shape index (κ3) is 3.40. The first kappa shape index (κ1) is 20.1. The van der Waals surface area contributed by atoms with Crippen molar-refractivity contribution in [1.29, 1.82) is 0 Å². The second-order valence-electron chi connectivity index (χ2n) is 8.84. The molecule has 1 N–H and O–H groups in total. The monoisotopic (exact) mass is 440 g/mol. The van der Waals surface area contributed by atoms with E-state index >= 15 is 0 Å². The average molecular weight is 441 g/mol. The number of nitrogens with zero attached hydrogens (tertiary/aromatic N) is 5. The third-order valence-electron chi connectivity index (χ3n) is 6.75. The average Bonchev–Trinajstić information content (AvgIpc) is 3.51. The van der Waals surface area contributed by atoms with Crippen LogP contribution in [0.1, 0.15) is 41.5 Å². The largest absolute Gasteiger partial charge is 0.358 e. The number of likely N-dealkylation sites (tertiary alicyclic amines) is 1. The molecule has 0 bridgehead atoms. The highest BCUT2D eigenvalue weighted by atomic mass is 19.1. The van der Waals surface area contributed by atoms with Crippen LogP contribution in [0.3, 0.4) is 0 Å². The van der Waals surface area contributed by atoms with Crippen molar-refractivity contribution in [1.82, 2.24) is 29.6 Å². The van der Waals surface area contributed by atoms with Gasteiger partial charge in [0.2, 0.25) is 0 Å². The highest BCUT2D eigenvalue weighted by Crippen LogP contribution is 2.35. The van der Waals surface area contributed by atoms with Crippen LogP contribution in [0.25, 0.3) is 27.8 Å². The fourth-order valence-electron chi connectivity index (χ4n) is 5.09. The number of nitrogens with one attached hydrogen (secondary N) is 1. The number of pyridine rings is 2. The second kappa shape index (κ2) is 7.78. The van der Waals surface area contributed by atoms with E-state index in [0.717, 1.165) is 76.3 Å². The molecule has 166 valence electrons. The lowest BCUT2D eigenvalue weighted by Crippen LogP contribution is -2.23. The summed E-state index contributed by atoms with van der Waals surface area (Å²) in [6.07, 6.45) is 3.93. The quantitative estimate of drug-likeness (QED) is 0.407. The van der Waals surface area contributed by atoms with E-state index < -0.39 is 0 Å². The Morgan fingerprint density at radius 3 is 2.85 bits per heavy atom. The van der Waals surface area contributed by atoms with Gasteiger partial charge in [0, 0.05) is 34.7 Å². The molecule has 0 radical (unpaired) electrons. The number of aromatic amines is 1. The predicted octanol–water partition coefficient (Wildman–Crippen LogP) is 5.39. The molecular weight excluding hydrogens is 415 g/mol. The molecule has 1 fully saturated rings. The van der Waals surface area contributed by atoms with Gasteiger partial charge in [-0.1, -0.05) is 6.07 Å². The van der Waals surface area contributed by atoms with Crippen LogP contribution in [0.15, 0.2) is 54.7 Å². The molecule has 7 heteroatoms. The summed E-state index contributed by atoms with van der Waals surface area (Å²) >= 11 is 0. The van der Waals surface area contributed by atoms with E-state index in [1.807, 2.05) is 35.9 Å². The van der Waals surface area contributed by atoms with Gasteiger partial charge >= 0.3 is 0 Å². The van der Waals surface area contributed by atoms with Gasteiger partial charge in [0.25, 0.3) is 0 Å². The van der Waals surface area contributed by atoms with Gasteiger partial charge in [0.1, 0.15) is 5.82 Å². The summed E-state index contributed by atoms with van der Waals surface area (Å²) in [6, 6.07) is 15.2. The van der Waals surface area contributed by atoms with E-state index in [9.17, 15) is 4.39 Å². The lowest BCUT2D eigenvalue weighted by Gasteiger charge is -2.24. The molecule has 1 aliphatic rings. The maximum atomic E-state index is 14.0. The lowest BCUT2D eigenvalue weighted by atomic mass is 10.1. The molecule has 0 amide bonds. The summed E-state index contributed by atoms with van der Waals surface area (Å²) in [5, 5.41) is 6.70. The number of rotatable bonds is 4. The van der Waals surface area contributed by atoms with Gasteiger partial charge in [0.15, 0.2) is 11.5 Å². The zero-order valence-corrected chi connectivity index (χ0v) is 18.7. The van der Waals surface area contributed by atoms with Crippen molar-refractivity contribution in [3.63, 3.8) is 0 Å². The molecule has 4 aromatic heterocycles. The van der Waals surface area contributed by atoms with Crippen molar-refractivity contribution in [2.45, 2.75) is 39.3 Å². The van der Waals surface area contributed by atoms with Crippen LogP contribution in [-0.4, -0.2) is 36.2 Å². The minimum Gasteiger partial charge on any atom is -0.358 e. The minimum atomic E-state index is -0.203. The second-order valence-corrected chi connectivity index (χ2v) is 8.84. The Kier molecular flexibility index (Phi) is 4.73. The lowest BCUT2D eigenvalue weighted by molar-refractivity contribution is 0.245. The Morgan fingerprint density at radius 2 is 2.00 bits per heavy atom. The van der Waals surface area contributed by atoms with Crippen LogP contribution in [0.5, 0.6) is 0 Å². The van der Waals surface area contributed by atoms with Crippen molar-refractivity contribution < 1.29 is 4.39 Å². The standard InChI is InChI=1S/C26H25FN6/c1-16-21(20-14-18(27)8-10-22(20)29-16)15-32-13-5-6-24(32)23-11-9-19-17(2)31-33(26(19)30-23)25-7-3-4-12-28-25/h3-4,7-12,14,24,29H,5-6,13,15H2,1-2H3. The number of hydrogen-bond donors (Lipinski definition) is 1. The third-order valence-corrected chi connectivity index (χ3v) is 6.75. The Bertz CT molecular complexity index is 1470. The topological polar surface area (TPSA) is 62.6 Å². The number of hydrogen-bond acceptors (Lipinski definition) is 4. The number of H-pyrrole nitrogens is 1. The van der Waals surface area contributed by atoms with Crippen molar-refractivity contribution in [2.75, 3.05) is 6.54 Å². The van der Waals surface area contributed by atoms with Gasteiger partial charge in [-0.2, -0.15) is 9.78 Å². The SMILES string of the molecule is Cc1[nH]c2ccc(F)cc2c1CN1CCCC1c1ccc2c(C)nn(-c3ccccn3)c2n1. The van der Waals surface area contributed by atoms with E-state index in [2.05, 4.69) is 33.9 Å². The molecule has 6 rings (SSSR count). The van der Waals surface area contributed by atoms with Crippen LogP contribution in [0, 0.1) is 19.7 Å². The molecule has 0 spiro atoms. The Hall–Kier alpha value is -3.58. The Morgan fingerprint density at radius 1 is 1.09 bits per heavy atom. The van der Waals surface area contributed by atoms with Crippen molar-refractivity contribution >= 4 is 21.9 Å². The molecule has 1 atom stereocenters. The maximum absolute atomic E-state index is 14.0. The predicted molar refractivity (Wildman–Crippen MR) is 127 cm³/mol. The van der Waals surface area contributed by atoms with Crippen LogP contribution < -0.4 is 0 Å². The molecule has 1 unspecified atom stereocenters. The van der Waals surface area contributed by atoms with Crippen LogP contribution in [-0.2, 0) is 6.54 Å². The molecular formula is C26H25FN6. The van der Waals surface area contributed by atoms with E-state index in [1.54, 1.807) is 12.3 Å². The van der Waals surface area contributed by atoms with E-state index in [-0.39, 0.29) is 11.9 Å². The Balaban J connectivity index is 1.38. The first-order valence-corrected chi connectivity index (χ1v) is 11.4. The number of halogens is 1. The molecule has 5 heterocycles. The fraction of sp³-hybridized carbons (Fsp3) is 0.269. The van der Waals surface area contributed by atoms with Gasteiger partial charge in [0.05, 0.1) is 17.4 Å². The van der Waals surface area contributed by atoms with Crippen molar-refractivity contribution in [3.8, 4) is 5.82 Å². The van der Waals surface area contributed by atoms with Crippen LogP contribution in [0.2, 0.25) is 0 Å². The number of fused-ring (bicyclic) bond motifs is 2. The maximum Gasteiger partial charge on any atom is 0.165 e. The molecule has 1 aromatic carbocycles. The highest BCUT2D eigenvalue weighted by Gasteiger charge is 2.29. The number of benzene rings is 1. The molecule has 6 nitrogen and oxygen atoms in total. The number of aryl methyl sites for hydroxylation is 2. The summed E-state index contributed by atoms with van der Waals surface area (Å²) < 4.78 is 15.8. The fourth-order valence-corrected chi connectivity index (χ4v) is 5.09. The molecule has 1 saturated heterocycles. The van der Waals surface area contributed by atoms with Gasteiger partial charge < -0.3 is 4.98 Å². The molecule has 0 aliphatic carbocycles. The highest BCUT2D eigenvalue weighted by molar-refractivity contribution is 5.84. The molecule has 5 aromatic rings. The minimum absolute atomic E-state index is 0.203. The summed E-state index contributed by atoms with van der Waals surface area (Å²) in [5.41, 5.74) is 6.05. The smallest absolute Gasteiger partial charge is 0.165 e. The molecule has 33 heavy (non-hydrogen) atoms. The van der Waals surface area contributed by atoms with Crippen molar-refractivity contribution in [2.24, 2.45) is 0 Å². The summed E-state index contributed by atoms with van der Waals surface area (Å²) in [7, 11) is 0. The number of aromatic nitrogens is 5. The normalized spacial score (nSPS) is 16.9. The van der Waals surface area contributed by atoms with Crippen LogP contribution >= 0.6 is 0 Å². The first-order chi connectivity index (χ1) is 16.1. The summed E-state index contributed by atoms with van der Waals surface area (Å²) in [5.74, 6) is 0.561. The summed E-state index contributed by atoms with van der Waals surface area (Å²) in [6.45, 7) is 5.82. The Labute approximate surface area is 191 Å². The summed E-state index contributed by atoms with van der Waals surface area (Å²) in [4.78, 5) is 15.4. The molecule has 0 saturated carbocycles. The van der Waals surface area contributed by atoms with Gasteiger partial charge in [-0.3, -0.25) is 4.90 Å². The van der Waals surface area contributed by atoms with E-state index in [0.29, 0.717) is 0 Å². The van der Waals surface area contributed by atoms with E-state index in [4.69, 9.17) is 10.1 Å². The van der Waals surface area contributed by atoms with Gasteiger partial charge in [-0.25, -0.2) is 14.4 Å². The first-order valence-electron chi connectivity index (χ1n) is 11.4. The molecule has 1 aliphatic heterocycles. The van der Waals surface area contributed by atoms with Crippen LogP contribution in [0.4, 0.5) is 4.39 Å².